The first-order valence-corrected chi connectivity index (χ1v) is 6.15. The number of pyridine rings is 1. The molecule has 1 N–H and O–H groups in total. The number of nitrogens with one attached hydrogen (secondary N) is 1. The van der Waals surface area contributed by atoms with Crippen LogP contribution < -0.4 is 5.32 Å². The highest BCUT2D eigenvalue weighted by Gasteiger charge is 2.15. The van der Waals surface area contributed by atoms with Crippen LogP contribution in [0.15, 0.2) is 18.3 Å². The Morgan fingerprint density at radius 2 is 2.24 bits per heavy atom. The second-order valence-electron chi connectivity index (χ2n) is 4.26. The molecular weight excluding hydrogens is 217 g/mol. The van der Waals surface area contributed by atoms with Gasteiger partial charge in [0.15, 0.2) is 0 Å². The van der Waals surface area contributed by atoms with E-state index in [1.807, 2.05) is 7.05 Å². The molecule has 0 amide bonds. The Labute approximate surface area is 103 Å². The zero-order chi connectivity index (χ0) is 12.7. The van der Waals surface area contributed by atoms with Crippen LogP contribution in [-0.4, -0.2) is 37.1 Å². The minimum absolute atomic E-state index is 0.271. The lowest BCUT2D eigenvalue weighted by molar-refractivity contribution is 0.231. The van der Waals surface area contributed by atoms with E-state index in [0.717, 1.165) is 31.6 Å². The molecule has 0 saturated carbocycles. The summed E-state index contributed by atoms with van der Waals surface area (Å²) in [5.74, 6) is -0.276. The predicted molar refractivity (Wildman–Crippen MR) is 68.4 cm³/mol. The van der Waals surface area contributed by atoms with Crippen LogP contribution in [0.25, 0.3) is 0 Å². The molecule has 1 rings (SSSR count). The maximum absolute atomic E-state index is 12.8. The van der Waals surface area contributed by atoms with Gasteiger partial charge < -0.3 is 5.32 Å². The zero-order valence-corrected chi connectivity index (χ0v) is 10.9. The standard InChI is InChI=1S/C13H22FN3/c1-4-13(17(3)9-5-8-15-2)12-7-6-11(14)10-16-12/h6-7,10,13,15H,4-5,8-9H2,1-3H3. The molecule has 0 aliphatic heterocycles. The third kappa shape index (κ3) is 4.40. The summed E-state index contributed by atoms with van der Waals surface area (Å²) in [6.45, 7) is 4.15. The van der Waals surface area contributed by atoms with Crippen LogP contribution in [0.5, 0.6) is 0 Å². The van der Waals surface area contributed by atoms with E-state index >= 15 is 0 Å². The Morgan fingerprint density at radius 1 is 1.47 bits per heavy atom. The van der Waals surface area contributed by atoms with Crippen molar-refractivity contribution >= 4 is 0 Å². The number of aromatic nitrogens is 1. The lowest BCUT2D eigenvalue weighted by Crippen LogP contribution is -2.27. The molecule has 17 heavy (non-hydrogen) atoms. The molecular formula is C13H22FN3. The van der Waals surface area contributed by atoms with Gasteiger partial charge in [-0.1, -0.05) is 6.92 Å². The van der Waals surface area contributed by atoms with Gasteiger partial charge in [0.1, 0.15) is 5.82 Å². The lowest BCUT2D eigenvalue weighted by Gasteiger charge is -2.26. The van der Waals surface area contributed by atoms with Crippen LogP contribution >= 0.6 is 0 Å². The topological polar surface area (TPSA) is 28.2 Å². The highest BCUT2D eigenvalue weighted by Crippen LogP contribution is 2.20. The van der Waals surface area contributed by atoms with Crippen LogP contribution in [0.3, 0.4) is 0 Å². The van der Waals surface area contributed by atoms with Crippen molar-refractivity contribution in [3.8, 4) is 0 Å². The summed E-state index contributed by atoms with van der Waals surface area (Å²) in [6.07, 6.45) is 3.37. The highest BCUT2D eigenvalue weighted by molar-refractivity contribution is 5.09. The van der Waals surface area contributed by atoms with E-state index in [1.54, 1.807) is 6.07 Å². The van der Waals surface area contributed by atoms with Crippen LogP contribution in [-0.2, 0) is 0 Å². The van der Waals surface area contributed by atoms with Gasteiger partial charge in [0.2, 0.25) is 0 Å². The molecule has 0 spiro atoms. The van der Waals surface area contributed by atoms with Gasteiger partial charge in [-0.05, 0) is 52.2 Å². The predicted octanol–water partition coefficient (Wildman–Crippen LogP) is 2.21. The Bertz CT molecular complexity index is 313. The lowest BCUT2D eigenvalue weighted by atomic mass is 10.1. The summed E-state index contributed by atoms with van der Waals surface area (Å²) in [4.78, 5) is 6.44. The smallest absolute Gasteiger partial charge is 0.141 e. The fraction of sp³-hybridized carbons (Fsp3) is 0.615. The van der Waals surface area contributed by atoms with Crippen molar-refractivity contribution in [3.05, 3.63) is 29.8 Å². The number of halogens is 1. The maximum Gasteiger partial charge on any atom is 0.141 e. The summed E-state index contributed by atoms with van der Waals surface area (Å²) in [6, 6.07) is 3.53. The van der Waals surface area contributed by atoms with Crippen molar-refractivity contribution in [3.63, 3.8) is 0 Å². The number of nitrogens with zero attached hydrogens (tertiary/aromatic N) is 2. The summed E-state index contributed by atoms with van der Waals surface area (Å²) >= 11 is 0. The maximum atomic E-state index is 12.8. The van der Waals surface area contributed by atoms with E-state index in [2.05, 4.69) is 29.2 Å². The largest absolute Gasteiger partial charge is 0.320 e. The van der Waals surface area contributed by atoms with Gasteiger partial charge in [0, 0.05) is 0 Å². The van der Waals surface area contributed by atoms with Crippen molar-refractivity contribution in [1.82, 2.24) is 15.2 Å². The third-order valence-electron chi connectivity index (χ3n) is 2.95. The monoisotopic (exact) mass is 239 g/mol. The Morgan fingerprint density at radius 3 is 2.76 bits per heavy atom. The number of hydrogen-bond donors (Lipinski definition) is 1. The van der Waals surface area contributed by atoms with E-state index < -0.39 is 0 Å². The molecule has 0 aliphatic rings. The van der Waals surface area contributed by atoms with E-state index in [9.17, 15) is 4.39 Å². The van der Waals surface area contributed by atoms with Gasteiger partial charge in [-0.2, -0.15) is 0 Å². The van der Waals surface area contributed by atoms with E-state index in [-0.39, 0.29) is 11.9 Å². The van der Waals surface area contributed by atoms with Gasteiger partial charge in [0.25, 0.3) is 0 Å². The molecule has 1 aromatic heterocycles. The minimum atomic E-state index is -0.276. The first-order valence-electron chi connectivity index (χ1n) is 6.15. The van der Waals surface area contributed by atoms with Crippen molar-refractivity contribution in [2.24, 2.45) is 0 Å². The average Bonchev–Trinajstić information content (AvgIpc) is 2.33. The normalized spacial score (nSPS) is 13.0. The molecule has 0 radical (unpaired) electrons. The third-order valence-corrected chi connectivity index (χ3v) is 2.95. The van der Waals surface area contributed by atoms with Crippen molar-refractivity contribution in [2.45, 2.75) is 25.8 Å². The molecule has 0 saturated heterocycles. The first kappa shape index (κ1) is 14.1. The van der Waals surface area contributed by atoms with Crippen molar-refractivity contribution in [1.29, 1.82) is 0 Å². The number of hydrogen-bond acceptors (Lipinski definition) is 3. The molecule has 1 unspecified atom stereocenters. The van der Waals surface area contributed by atoms with Crippen LogP contribution in [0, 0.1) is 5.82 Å². The quantitative estimate of drug-likeness (QED) is 0.739. The van der Waals surface area contributed by atoms with Crippen molar-refractivity contribution < 1.29 is 4.39 Å². The minimum Gasteiger partial charge on any atom is -0.320 e. The van der Waals surface area contributed by atoms with Crippen LogP contribution in [0.2, 0.25) is 0 Å². The molecule has 0 aliphatic carbocycles. The van der Waals surface area contributed by atoms with Gasteiger partial charge in [-0.25, -0.2) is 4.39 Å². The Hall–Kier alpha value is -1.00. The molecule has 1 atom stereocenters. The van der Waals surface area contributed by atoms with E-state index in [0.29, 0.717) is 0 Å². The van der Waals surface area contributed by atoms with Gasteiger partial charge >= 0.3 is 0 Å². The fourth-order valence-corrected chi connectivity index (χ4v) is 1.99. The molecule has 3 nitrogen and oxygen atoms in total. The van der Waals surface area contributed by atoms with Crippen LogP contribution in [0.4, 0.5) is 4.39 Å². The highest BCUT2D eigenvalue weighted by atomic mass is 19.1. The molecule has 4 heteroatoms. The molecule has 96 valence electrons. The SMILES string of the molecule is CCC(c1ccc(F)cn1)N(C)CCCNC. The molecule has 0 fully saturated rings. The molecule has 1 heterocycles. The van der Waals surface area contributed by atoms with Gasteiger partial charge in [-0.3, -0.25) is 9.88 Å². The molecule has 0 aromatic carbocycles. The molecule has 1 aromatic rings. The summed E-state index contributed by atoms with van der Waals surface area (Å²) in [5.41, 5.74) is 0.945. The summed E-state index contributed by atoms with van der Waals surface area (Å²) in [7, 11) is 4.05. The van der Waals surface area contributed by atoms with Gasteiger partial charge in [0.05, 0.1) is 17.9 Å². The second kappa shape index (κ2) is 7.35. The first-order chi connectivity index (χ1) is 8.19. The second-order valence-corrected chi connectivity index (χ2v) is 4.26. The fourth-order valence-electron chi connectivity index (χ4n) is 1.99. The molecule has 0 bridgehead atoms. The van der Waals surface area contributed by atoms with Crippen molar-refractivity contribution in [2.75, 3.05) is 27.2 Å². The Kier molecular flexibility index (Phi) is 6.08. The zero-order valence-electron chi connectivity index (χ0n) is 10.9. The average molecular weight is 239 g/mol. The van der Waals surface area contributed by atoms with Crippen LogP contribution in [0.1, 0.15) is 31.5 Å². The van der Waals surface area contributed by atoms with E-state index in [4.69, 9.17) is 0 Å². The van der Waals surface area contributed by atoms with E-state index in [1.165, 1.54) is 12.3 Å². The van der Waals surface area contributed by atoms with Gasteiger partial charge in [-0.15, -0.1) is 0 Å². The summed E-state index contributed by atoms with van der Waals surface area (Å²) < 4.78 is 12.8. The number of rotatable bonds is 7. The summed E-state index contributed by atoms with van der Waals surface area (Å²) in [5, 5.41) is 3.14. The Balaban J connectivity index is 2.60.